The number of thiazole rings is 1. The maximum absolute atomic E-state index is 12.0. The largest absolute Gasteiger partial charge is 0.333 e. The molecule has 1 aliphatic heterocycles. The zero-order chi connectivity index (χ0) is 11.5. The summed E-state index contributed by atoms with van der Waals surface area (Å²) in [6.45, 7) is 2.72. The van der Waals surface area contributed by atoms with Gasteiger partial charge in [-0.2, -0.15) is 0 Å². The van der Waals surface area contributed by atoms with Crippen LogP contribution in [-0.4, -0.2) is 28.4 Å². The van der Waals surface area contributed by atoms with Gasteiger partial charge in [0.05, 0.1) is 11.6 Å². The molecule has 0 bridgehead atoms. The Balaban J connectivity index is 2.31. The molecule has 1 aliphatic rings. The van der Waals surface area contributed by atoms with Gasteiger partial charge < -0.3 is 10.6 Å². The Morgan fingerprint density at radius 2 is 2.50 bits per heavy atom. The van der Waals surface area contributed by atoms with Gasteiger partial charge in [-0.15, -0.1) is 11.3 Å². The summed E-state index contributed by atoms with van der Waals surface area (Å²) in [7, 11) is 0. The van der Waals surface area contributed by atoms with Gasteiger partial charge in [-0.3, -0.25) is 9.78 Å². The highest BCUT2D eigenvalue weighted by Crippen LogP contribution is 2.31. The van der Waals surface area contributed by atoms with E-state index in [1.165, 1.54) is 0 Å². The first-order chi connectivity index (χ1) is 7.74. The molecule has 1 aromatic heterocycles. The third-order valence-corrected chi connectivity index (χ3v) is 3.92. The molecule has 2 unspecified atom stereocenters. The van der Waals surface area contributed by atoms with Crippen LogP contribution in [0, 0.1) is 0 Å². The number of carbonyl (C=O) groups is 1. The molecule has 4 nitrogen and oxygen atoms in total. The lowest BCUT2D eigenvalue weighted by molar-refractivity contribution is -0.132. The number of likely N-dealkylation sites (N-methyl/N-ethyl adjacent to an activating group) is 1. The second-order valence-electron chi connectivity index (χ2n) is 4.08. The number of hydrogen-bond donors (Lipinski definition) is 1. The summed E-state index contributed by atoms with van der Waals surface area (Å²) >= 11 is 1.58. The molecule has 0 aromatic carbocycles. The molecule has 1 amide bonds. The SMILES string of the molecule is CCN1C(=O)CCCC(N)C1c1cncs1. The molecule has 5 heteroatoms. The van der Waals surface area contributed by atoms with Crippen molar-refractivity contribution in [1.29, 1.82) is 0 Å². The smallest absolute Gasteiger partial charge is 0.223 e. The van der Waals surface area contributed by atoms with E-state index in [0.717, 1.165) is 24.3 Å². The molecule has 88 valence electrons. The van der Waals surface area contributed by atoms with Crippen molar-refractivity contribution < 1.29 is 4.79 Å². The van der Waals surface area contributed by atoms with Gasteiger partial charge in [-0.25, -0.2) is 0 Å². The van der Waals surface area contributed by atoms with E-state index in [1.807, 2.05) is 18.0 Å². The molecule has 2 N–H and O–H groups in total. The molecule has 0 spiro atoms. The lowest BCUT2D eigenvalue weighted by Crippen LogP contribution is -2.41. The predicted octanol–water partition coefficient (Wildman–Crippen LogP) is 1.54. The van der Waals surface area contributed by atoms with E-state index in [2.05, 4.69) is 4.98 Å². The molecular weight excluding hydrogens is 222 g/mol. The van der Waals surface area contributed by atoms with Crippen molar-refractivity contribution in [1.82, 2.24) is 9.88 Å². The van der Waals surface area contributed by atoms with Crippen LogP contribution in [0.25, 0.3) is 0 Å². The first kappa shape index (κ1) is 11.5. The van der Waals surface area contributed by atoms with Crippen LogP contribution in [-0.2, 0) is 4.79 Å². The van der Waals surface area contributed by atoms with Gasteiger partial charge in [0.25, 0.3) is 0 Å². The number of aromatic nitrogens is 1. The van der Waals surface area contributed by atoms with Crippen LogP contribution in [0.3, 0.4) is 0 Å². The first-order valence-electron chi connectivity index (χ1n) is 5.67. The number of carbonyl (C=O) groups excluding carboxylic acids is 1. The maximum atomic E-state index is 12.0. The third kappa shape index (κ3) is 2.10. The lowest BCUT2D eigenvalue weighted by atomic mass is 10.0. The molecule has 2 heterocycles. The van der Waals surface area contributed by atoms with Crippen LogP contribution in [0.4, 0.5) is 0 Å². The minimum absolute atomic E-state index is 0.0208. The standard InChI is InChI=1S/C11H17N3OS/c1-2-14-10(15)5-3-4-8(12)11(14)9-6-13-7-16-9/h6-8,11H,2-5,12H2,1H3. The zero-order valence-electron chi connectivity index (χ0n) is 9.43. The van der Waals surface area contributed by atoms with Crippen LogP contribution >= 0.6 is 11.3 Å². The molecule has 0 aliphatic carbocycles. The van der Waals surface area contributed by atoms with Crippen LogP contribution in [0.1, 0.15) is 37.1 Å². The third-order valence-electron chi connectivity index (χ3n) is 3.07. The van der Waals surface area contributed by atoms with Crippen molar-refractivity contribution in [3.63, 3.8) is 0 Å². The second-order valence-corrected chi connectivity index (χ2v) is 5.00. The van der Waals surface area contributed by atoms with E-state index in [1.54, 1.807) is 16.8 Å². The normalized spacial score (nSPS) is 26.9. The van der Waals surface area contributed by atoms with Crippen molar-refractivity contribution in [3.8, 4) is 0 Å². The molecular formula is C11H17N3OS. The lowest BCUT2D eigenvalue weighted by Gasteiger charge is -2.31. The summed E-state index contributed by atoms with van der Waals surface area (Å²) in [4.78, 5) is 19.0. The van der Waals surface area contributed by atoms with Crippen LogP contribution in [0.2, 0.25) is 0 Å². The van der Waals surface area contributed by atoms with Gasteiger partial charge in [-0.05, 0) is 19.8 Å². The fourth-order valence-electron chi connectivity index (χ4n) is 2.29. The summed E-state index contributed by atoms with van der Waals surface area (Å²) in [5, 5.41) is 0. The predicted molar refractivity (Wildman–Crippen MR) is 64.1 cm³/mol. The van der Waals surface area contributed by atoms with Gasteiger partial charge >= 0.3 is 0 Å². The summed E-state index contributed by atoms with van der Waals surface area (Å²) in [6, 6.07) is 0.0550. The van der Waals surface area contributed by atoms with Gasteiger partial charge in [0.15, 0.2) is 0 Å². The molecule has 2 rings (SSSR count). The van der Waals surface area contributed by atoms with E-state index in [-0.39, 0.29) is 18.0 Å². The maximum Gasteiger partial charge on any atom is 0.223 e. The fourth-order valence-corrected chi connectivity index (χ4v) is 3.09. The Labute approximate surface area is 99.5 Å². The average Bonchev–Trinajstić information content (AvgIpc) is 2.73. The minimum atomic E-state index is 0.0208. The number of nitrogens with zero attached hydrogens (tertiary/aromatic N) is 2. The van der Waals surface area contributed by atoms with Gasteiger partial charge in [-0.1, -0.05) is 0 Å². The van der Waals surface area contributed by atoms with Crippen molar-refractivity contribution in [3.05, 3.63) is 16.6 Å². The number of nitrogens with two attached hydrogens (primary N) is 1. The summed E-state index contributed by atoms with van der Waals surface area (Å²) < 4.78 is 0. The van der Waals surface area contributed by atoms with Crippen LogP contribution < -0.4 is 5.73 Å². The highest BCUT2D eigenvalue weighted by atomic mass is 32.1. The monoisotopic (exact) mass is 239 g/mol. The van der Waals surface area contributed by atoms with Gasteiger partial charge in [0.1, 0.15) is 0 Å². The van der Waals surface area contributed by atoms with E-state index >= 15 is 0 Å². The topological polar surface area (TPSA) is 59.2 Å². The summed E-state index contributed by atoms with van der Waals surface area (Å²) in [5.74, 6) is 0.217. The highest BCUT2D eigenvalue weighted by Gasteiger charge is 2.32. The quantitative estimate of drug-likeness (QED) is 0.851. The molecule has 1 fully saturated rings. The molecule has 0 saturated carbocycles. The number of rotatable bonds is 2. The molecule has 16 heavy (non-hydrogen) atoms. The Morgan fingerprint density at radius 1 is 1.69 bits per heavy atom. The van der Waals surface area contributed by atoms with E-state index < -0.39 is 0 Å². The zero-order valence-corrected chi connectivity index (χ0v) is 10.2. The van der Waals surface area contributed by atoms with Crippen molar-refractivity contribution >= 4 is 17.2 Å². The number of hydrogen-bond acceptors (Lipinski definition) is 4. The number of likely N-dealkylation sites (tertiary alicyclic amines) is 1. The molecule has 1 aromatic rings. The number of amides is 1. The fraction of sp³-hybridized carbons (Fsp3) is 0.636. The van der Waals surface area contributed by atoms with Gasteiger partial charge in [0, 0.05) is 30.1 Å². The second kappa shape index (κ2) is 4.93. The average molecular weight is 239 g/mol. The molecule has 0 radical (unpaired) electrons. The summed E-state index contributed by atoms with van der Waals surface area (Å²) in [6.07, 6.45) is 4.25. The molecule has 2 atom stereocenters. The summed E-state index contributed by atoms with van der Waals surface area (Å²) in [5.41, 5.74) is 7.98. The first-order valence-corrected chi connectivity index (χ1v) is 6.55. The van der Waals surface area contributed by atoms with Crippen LogP contribution in [0.15, 0.2) is 11.7 Å². The van der Waals surface area contributed by atoms with Crippen molar-refractivity contribution in [2.75, 3.05) is 6.54 Å². The highest BCUT2D eigenvalue weighted by molar-refractivity contribution is 7.09. The molecule has 1 saturated heterocycles. The van der Waals surface area contributed by atoms with Crippen molar-refractivity contribution in [2.24, 2.45) is 5.73 Å². The van der Waals surface area contributed by atoms with Gasteiger partial charge in [0.2, 0.25) is 5.91 Å². The Bertz CT molecular complexity index is 352. The Hall–Kier alpha value is -0.940. The van der Waals surface area contributed by atoms with Crippen LogP contribution in [0.5, 0.6) is 0 Å². The minimum Gasteiger partial charge on any atom is -0.333 e. The Morgan fingerprint density at radius 3 is 3.12 bits per heavy atom. The van der Waals surface area contributed by atoms with Crippen molar-refractivity contribution in [2.45, 2.75) is 38.3 Å². The van der Waals surface area contributed by atoms with E-state index in [9.17, 15) is 4.79 Å². The Kier molecular flexibility index (Phi) is 3.56. The van der Waals surface area contributed by atoms with E-state index in [4.69, 9.17) is 5.73 Å². The van der Waals surface area contributed by atoms with E-state index in [0.29, 0.717) is 6.42 Å².